The number of hydrogen-bond acceptors (Lipinski definition) is 7. The van der Waals surface area contributed by atoms with E-state index in [-0.39, 0.29) is 30.4 Å². The van der Waals surface area contributed by atoms with Crippen molar-refractivity contribution < 1.29 is 23.8 Å². The Balaban J connectivity index is 2.17. The third kappa shape index (κ3) is 3.45. The molecule has 3 rings (SSSR count). The molecule has 3 aromatic rings. The standard InChI is InChI=1S/C19H20N2O6S/c1-5-26-19(25)14-10(4)13-16(28-14)20-15(9(2)3)21(17(13)22)8-11-6-7-12(27-11)18(23)24/h6-7,9H,5,8H2,1-4H3,(H,23,24). The average Bonchev–Trinajstić information content (AvgIpc) is 3.22. The number of nitrogens with zero attached hydrogens (tertiary/aromatic N) is 2. The van der Waals surface area contributed by atoms with Crippen LogP contribution >= 0.6 is 11.3 Å². The van der Waals surface area contributed by atoms with Crippen LogP contribution in [0.3, 0.4) is 0 Å². The molecule has 0 aliphatic carbocycles. The molecule has 28 heavy (non-hydrogen) atoms. The van der Waals surface area contributed by atoms with Crippen LogP contribution in [0.4, 0.5) is 0 Å². The van der Waals surface area contributed by atoms with Crippen molar-refractivity contribution in [1.82, 2.24) is 9.55 Å². The molecule has 0 amide bonds. The lowest BCUT2D eigenvalue weighted by Crippen LogP contribution is -2.26. The summed E-state index contributed by atoms with van der Waals surface area (Å²) in [5, 5.41) is 9.38. The molecule has 0 fully saturated rings. The maximum atomic E-state index is 13.2. The van der Waals surface area contributed by atoms with E-state index in [4.69, 9.17) is 14.3 Å². The Morgan fingerprint density at radius 1 is 1.36 bits per heavy atom. The van der Waals surface area contributed by atoms with E-state index in [0.29, 0.717) is 32.2 Å². The smallest absolute Gasteiger partial charge is 0.371 e. The Kier molecular flexibility index (Phi) is 5.37. The number of aryl methyl sites for hydroxylation is 1. The van der Waals surface area contributed by atoms with Gasteiger partial charge in [0, 0.05) is 5.92 Å². The highest BCUT2D eigenvalue weighted by molar-refractivity contribution is 7.20. The summed E-state index contributed by atoms with van der Waals surface area (Å²) in [5.41, 5.74) is 0.233. The number of rotatable bonds is 6. The summed E-state index contributed by atoms with van der Waals surface area (Å²) >= 11 is 1.14. The fourth-order valence-electron chi connectivity index (χ4n) is 2.95. The molecular formula is C19H20N2O6S. The molecule has 0 radical (unpaired) electrons. The number of carboxylic acids is 1. The monoisotopic (exact) mass is 404 g/mol. The fraction of sp³-hybridized carbons (Fsp3) is 0.368. The minimum Gasteiger partial charge on any atom is -0.475 e. The van der Waals surface area contributed by atoms with Gasteiger partial charge in [0.05, 0.1) is 18.5 Å². The molecule has 1 N–H and O–H groups in total. The van der Waals surface area contributed by atoms with Crippen molar-refractivity contribution in [2.45, 2.75) is 40.2 Å². The van der Waals surface area contributed by atoms with Gasteiger partial charge in [-0.05, 0) is 31.5 Å². The van der Waals surface area contributed by atoms with Crippen LogP contribution < -0.4 is 5.56 Å². The molecule has 148 valence electrons. The Hall–Kier alpha value is -2.94. The molecule has 9 heteroatoms. The minimum atomic E-state index is -1.18. The van der Waals surface area contributed by atoms with E-state index < -0.39 is 11.9 Å². The number of carboxylic acid groups (broad SMARTS) is 1. The van der Waals surface area contributed by atoms with Crippen LogP contribution in [0, 0.1) is 6.92 Å². The summed E-state index contributed by atoms with van der Waals surface area (Å²) in [4.78, 5) is 41.9. The van der Waals surface area contributed by atoms with Gasteiger partial charge in [0.2, 0.25) is 5.76 Å². The van der Waals surface area contributed by atoms with E-state index >= 15 is 0 Å². The van der Waals surface area contributed by atoms with Crippen molar-refractivity contribution in [2.75, 3.05) is 6.61 Å². The Labute approximate surface area is 164 Å². The van der Waals surface area contributed by atoms with Gasteiger partial charge in [-0.3, -0.25) is 9.36 Å². The predicted molar refractivity (Wildman–Crippen MR) is 103 cm³/mol. The SMILES string of the molecule is CCOC(=O)c1sc2nc(C(C)C)n(Cc3ccc(C(=O)O)o3)c(=O)c2c1C. The lowest BCUT2D eigenvalue weighted by Gasteiger charge is -2.14. The number of aromatic nitrogens is 2. The van der Waals surface area contributed by atoms with Gasteiger partial charge in [-0.25, -0.2) is 14.6 Å². The molecule has 0 saturated carbocycles. The number of carbonyl (C=O) groups excluding carboxylic acids is 1. The number of carbonyl (C=O) groups is 2. The van der Waals surface area contributed by atoms with Crippen LogP contribution in [-0.4, -0.2) is 33.2 Å². The second kappa shape index (κ2) is 7.59. The second-order valence-electron chi connectivity index (χ2n) is 6.54. The first-order chi connectivity index (χ1) is 13.2. The van der Waals surface area contributed by atoms with E-state index in [9.17, 15) is 14.4 Å². The first kappa shape index (κ1) is 19.8. The first-order valence-corrected chi connectivity index (χ1v) is 9.59. The van der Waals surface area contributed by atoms with E-state index in [2.05, 4.69) is 4.98 Å². The summed E-state index contributed by atoms with van der Waals surface area (Å²) in [6.07, 6.45) is 0. The highest BCUT2D eigenvalue weighted by Gasteiger charge is 2.23. The third-order valence-electron chi connectivity index (χ3n) is 4.24. The van der Waals surface area contributed by atoms with Crippen molar-refractivity contribution in [3.8, 4) is 0 Å². The lowest BCUT2D eigenvalue weighted by atomic mass is 10.1. The van der Waals surface area contributed by atoms with Gasteiger partial charge in [0.15, 0.2) is 0 Å². The average molecular weight is 404 g/mol. The number of ether oxygens (including phenoxy) is 1. The second-order valence-corrected chi connectivity index (χ2v) is 7.54. The molecule has 0 aliphatic heterocycles. The molecule has 0 spiro atoms. The number of esters is 1. The van der Waals surface area contributed by atoms with Crippen molar-refractivity contribution in [3.05, 3.63) is 50.3 Å². The van der Waals surface area contributed by atoms with Crippen molar-refractivity contribution >= 4 is 33.5 Å². The van der Waals surface area contributed by atoms with Crippen molar-refractivity contribution in [2.24, 2.45) is 0 Å². The summed E-state index contributed by atoms with van der Waals surface area (Å²) in [6.45, 7) is 7.52. The third-order valence-corrected chi connectivity index (χ3v) is 5.41. The van der Waals surface area contributed by atoms with Gasteiger partial charge >= 0.3 is 11.9 Å². The number of hydrogen-bond donors (Lipinski definition) is 1. The van der Waals surface area contributed by atoms with Crippen LogP contribution in [0.2, 0.25) is 0 Å². The Bertz CT molecular complexity index is 1120. The summed E-state index contributed by atoms with van der Waals surface area (Å²) in [7, 11) is 0. The quantitative estimate of drug-likeness (QED) is 0.627. The molecule has 3 aromatic heterocycles. The maximum Gasteiger partial charge on any atom is 0.371 e. The van der Waals surface area contributed by atoms with Crippen LogP contribution in [0.5, 0.6) is 0 Å². The normalized spacial score (nSPS) is 11.3. The highest BCUT2D eigenvalue weighted by Crippen LogP contribution is 2.29. The van der Waals surface area contributed by atoms with Crippen LogP contribution in [0.1, 0.15) is 64.1 Å². The van der Waals surface area contributed by atoms with Crippen LogP contribution in [0.25, 0.3) is 10.2 Å². The van der Waals surface area contributed by atoms with E-state index in [1.54, 1.807) is 13.8 Å². The van der Waals surface area contributed by atoms with Crippen LogP contribution in [-0.2, 0) is 11.3 Å². The molecule has 3 heterocycles. The highest BCUT2D eigenvalue weighted by atomic mass is 32.1. The van der Waals surface area contributed by atoms with Gasteiger partial charge in [-0.2, -0.15) is 0 Å². The molecule has 8 nitrogen and oxygen atoms in total. The molecule has 0 saturated heterocycles. The minimum absolute atomic E-state index is 0.0482. The van der Waals surface area contributed by atoms with Gasteiger partial charge in [0.1, 0.15) is 21.3 Å². The molecule has 0 atom stereocenters. The first-order valence-electron chi connectivity index (χ1n) is 8.77. The zero-order valence-corrected chi connectivity index (χ0v) is 16.8. The molecule has 0 aliphatic rings. The summed E-state index contributed by atoms with van der Waals surface area (Å²) < 4.78 is 11.8. The van der Waals surface area contributed by atoms with E-state index in [0.717, 1.165) is 11.3 Å². The van der Waals surface area contributed by atoms with Crippen molar-refractivity contribution in [3.63, 3.8) is 0 Å². The topological polar surface area (TPSA) is 112 Å². The predicted octanol–water partition coefficient (Wildman–Crippen LogP) is 3.41. The van der Waals surface area contributed by atoms with E-state index in [1.807, 2.05) is 13.8 Å². The summed E-state index contributed by atoms with van der Waals surface area (Å²) in [6, 6.07) is 2.87. The van der Waals surface area contributed by atoms with Crippen LogP contribution in [0.15, 0.2) is 21.3 Å². The molecular weight excluding hydrogens is 384 g/mol. The summed E-state index contributed by atoms with van der Waals surface area (Å²) in [5.74, 6) is -1.05. The van der Waals surface area contributed by atoms with Gasteiger partial charge < -0.3 is 14.3 Å². The Morgan fingerprint density at radius 3 is 2.64 bits per heavy atom. The maximum absolute atomic E-state index is 13.2. The van der Waals surface area contributed by atoms with E-state index in [1.165, 1.54) is 16.7 Å². The molecule has 0 unspecified atom stereocenters. The van der Waals surface area contributed by atoms with Gasteiger partial charge in [-0.15, -0.1) is 11.3 Å². The molecule has 0 aromatic carbocycles. The number of thiophene rings is 1. The zero-order chi connectivity index (χ0) is 20.6. The molecule has 0 bridgehead atoms. The Morgan fingerprint density at radius 2 is 2.07 bits per heavy atom. The number of furan rings is 1. The van der Waals surface area contributed by atoms with Crippen molar-refractivity contribution in [1.29, 1.82) is 0 Å². The zero-order valence-electron chi connectivity index (χ0n) is 15.9. The van der Waals surface area contributed by atoms with Gasteiger partial charge in [-0.1, -0.05) is 13.8 Å². The van der Waals surface area contributed by atoms with Gasteiger partial charge in [0.25, 0.3) is 5.56 Å². The largest absolute Gasteiger partial charge is 0.475 e. The lowest BCUT2D eigenvalue weighted by molar-refractivity contribution is 0.0530. The number of aromatic carboxylic acids is 1. The number of fused-ring (bicyclic) bond motifs is 1. The fourth-order valence-corrected chi connectivity index (χ4v) is 4.02.